The van der Waals surface area contributed by atoms with Crippen LogP contribution in [0.2, 0.25) is 0 Å². The monoisotopic (exact) mass is 368 g/mol. The molecular formula is C21H28N4O2. The molecule has 1 aromatic heterocycles. The number of aromatic nitrogens is 2. The third-order valence-corrected chi connectivity index (χ3v) is 5.50. The SMILES string of the molecule is CC(=O)N1c2ccc(NC(=O)C[C@@H](C)n3nc(C)c(C)c3C)cc2C[C@@H]1C. The Bertz CT molecular complexity index is 900. The molecule has 6 heteroatoms. The molecule has 0 bridgehead atoms. The van der Waals surface area contributed by atoms with Gasteiger partial charge in [0.2, 0.25) is 11.8 Å². The first-order chi connectivity index (χ1) is 12.7. The Kier molecular flexibility index (Phi) is 5.09. The number of hydrogen-bond acceptors (Lipinski definition) is 3. The highest BCUT2D eigenvalue weighted by molar-refractivity contribution is 5.96. The standard InChI is InChI=1S/C21H28N4O2/c1-12-9-18-11-19(7-8-20(18)24(12)17(6)26)22-21(27)10-13(2)25-16(5)14(3)15(4)23-25/h7-8,11-13H,9-10H2,1-6H3,(H,22,27)/t12-,13+/m0/s1. The normalized spacial score (nSPS) is 17.0. The number of fused-ring (bicyclic) bond motifs is 1. The van der Waals surface area contributed by atoms with E-state index < -0.39 is 0 Å². The van der Waals surface area contributed by atoms with Crippen LogP contribution in [0.1, 0.15) is 55.7 Å². The molecule has 144 valence electrons. The summed E-state index contributed by atoms with van der Waals surface area (Å²) in [7, 11) is 0. The second kappa shape index (κ2) is 7.18. The van der Waals surface area contributed by atoms with Crippen molar-refractivity contribution in [1.29, 1.82) is 0 Å². The number of rotatable bonds is 4. The lowest BCUT2D eigenvalue weighted by Gasteiger charge is -2.20. The van der Waals surface area contributed by atoms with Gasteiger partial charge in [0, 0.05) is 36.5 Å². The highest BCUT2D eigenvalue weighted by atomic mass is 16.2. The van der Waals surface area contributed by atoms with Crippen LogP contribution in [-0.2, 0) is 16.0 Å². The average Bonchev–Trinajstić information content (AvgIpc) is 3.04. The molecule has 1 aliphatic heterocycles. The van der Waals surface area contributed by atoms with Gasteiger partial charge in [-0.05, 0) is 70.4 Å². The molecule has 0 spiro atoms. The predicted octanol–water partition coefficient (Wildman–Crippen LogP) is 3.70. The van der Waals surface area contributed by atoms with Gasteiger partial charge in [0.25, 0.3) is 0 Å². The summed E-state index contributed by atoms with van der Waals surface area (Å²) in [5, 5.41) is 7.54. The lowest BCUT2D eigenvalue weighted by atomic mass is 10.1. The minimum atomic E-state index is -0.0397. The maximum absolute atomic E-state index is 12.5. The summed E-state index contributed by atoms with van der Waals surface area (Å²) < 4.78 is 1.93. The molecule has 2 amide bonds. The van der Waals surface area contributed by atoms with Crippen molar-refractivity contribution in [2.24, 2.45) is 0 Å². The number of hydrogen-bond donors (Lipinski definition) is 1. The molecule has 2 heterocycles. The van der Waals surface area contributed by atoms with Crippen LogP contribution in [0.15, 0.2) is 18.2 Å². The number of nitrogens with one attached hydrogen (secondary N) is 1. The summed E-state index contributed by atoms with van der Waals surface area (Å²) in [6.45, 7) is 11.7. The van der Waals surface area contributed by atoms with E-state index in [1.54, 1.807) is 6.92 Å². The highest BCUT2D eigenvalue weighted by Gasteiger charge is 2.29. The van der Waals surface area contributed by atoms with Gasteiger partial charge in [0.15, 0.2) is 0 Å². The summed E-state index contributed by atoms with van der Waals surface area (Å²) in [4.78, 5) is 26.2. The molecule has 0 saturated heterocycles. The fourth-order valence-electron chi connectivity index (χ4n) is 3.93. The van der Waals surface area contributed by atoms with Crippen molar-refractivity contribution in [3.8, 4) is 0 Å². The molecule has 6 nitrogen and oxygen atoms in total. The van der Waals surface area contributed by atoms with Crippen LogP contribution in [0.25, 0.3) is 0 Å². The van der Waals surface area contributed by atoms with Gasteiger partial charge in [-0.2, -0.15) is 5.10 Å². The van der Waals surface area contributed by atoms with Gasteiger partial charge in [-0.3, -0.25) is 14.3 Å². The number of benzene rings is 1. The number of carbonyl (C=O) groups excluding carboxylic acids is 2. The Balaban J connectivity index is 1.69. The van der Waals surface area contributed by atoms with E-state index in [0.29, 0.717) is 6.42 Å². The van der Waals surface area contributed by atoms with Gasteiger partial charge in [-0.15, -0.1) is 0 Å². The second-order valence-electron chi connectivity index (χ2n) is 7.63. The highest BCUT2D eigenvalue weighted by Crippen LogP contribution is 2.34. The molecule has 1 aromatic carbocycles. The Labute approximate surface area is 160 Å². The number of anilines is 2. The Hall–Kier alpha value is -2.63. The summed E-state index contributed by atoms with van der Waals surface area (Å²) in [5.41, 5.74) is 6.08. The first-order valence-corrected chi connectivity index (χ1v) is 9.44. The van der Waals surface area contributed by atoms with Crippen molar-refractivity contribution >= 4 is 23.2 Å². The predicted molar refractivity (Wildman–Crippen MR) is 107 cm³/mol. The van der Waals surface area contributed by atoms with Gasteiger partial charge >= 0.3 is 0 Å². The molecule has 3 rings (SSSR count). The van der Waals surface area contributed by atoms with Crippen LogP contribution in [0, 0.1) is 20.8 Å². The van der Waals surface area contributed by atoms with E-state index >= 15 is 0 Å². The number of carbonyl (C=O) groups is 2. The van der Waals surface area contributed by atoms with Crippen LogP contribution in [0.5, 0.6) is 0 Å². The van der Waals surface area contributed by atoms with Crippen molar-refractivity contribution in [1.82, 2.24) is 9.78 Å². The van der Waals surface area contributed by atoms with Crippen LogP contribution >= 0.6 is 0 Å². The van der Waals surface area contributed by atoms with Gasteiger partial charge in [-0.25, -0.2) is 0 Å². The van der Waals surface area contributed by atoms with Crippen molar-refractivity contribution in [2.75, 3.05) is 10.2 Å². The van der Waals surface area contributed by atoms with Crippen molar-refractivity contribution < 1.29 is 9.59 Å². The van der Waals surface area contributed by atoms with Gasteiger partial charge in [0.1, 0.15) is 0 Å². The quantitative estimate of drug-likeness (QED) is 0.895. The third-order valence-electron chi connectivity index (χ3n) is 5.50. The minimum Gasteiger partial charge on any atom is -0.326 e. The number of amides is 2. The van der Waals surface area contributed by atoms with Crippen LogP contribution in [0.4, 0.5) is 11.4 Å². The molecule has 2 aromatic rings. The van der Waals surface area contributed by atoms with Gasteiger partial charge < -0.3 is 10.2 Å². The molecule has 0 fully saturated rings. The lowest BCUT2D eigenvalue weighted by molar-refractivity contribution is -0.117. The second-order valence-corrected chi connectivity index (χ2v) is 7.63. The number of nitrogens with zero attached hydrogens (tertiary/aromatic N) is 3. The Morgan fingerprint density at radius 2 is 2.00 bits per heavy atom. The maximum atomic E-state index is 12.5. The van der Waals surface area contributed by atoms with Crippen LogP contribution in [-0.4, -0.2) is 27.6 Å². The maximum Gasteiger partial charge on any atom is 0.226 e. The molecule has 0 unspecified atom stereocenters. The van der Waals surface area contributed by atoms with Crippen LogP contribution in [0.3, 0.4) is 0 Å². The summed E-state index contributed by atoms with van der Waals surface area (Å²) in [5.74, 6) is 0.00849. The summed E-state index contributed by atoms with van der Waals surface area (Å²) >= 11 is 0. The van der Waals surface area contributed by atoms with Crippen LogP contribution < -0.4 is 10.2 Å². The number of aryl methyl sites for hydroxylation is 1. The molecule has 0 radical (unpaired) electrons. The molecular weight excluding hydrogens is 340 g/mol. The van der Waals surface area contributed by atoms with E-state index in [1.807, 2.05) is 55.5 Å². The molecule has 0 aliphatic carbocycles. The van der Waals surface area contributed by atoms with E-state index in [9.17, 15) is 9.59 Å². The average molecular weight is 368 g/mol. The zero-order chi connectivity index (χ0) is 19.9. The smallest absolute Gasteiger partial charge is 0.226 e. The van der Waals surface area contributed by atoms with Crippen molar-refractivity contribution in [3.05, 3.63) is 40.7 Å². The summed E-state index contributed by atoms with van der Waals surface area (Å²) in [6, 6.07) is 5.90. The van der Waals surface area contributed by atoms with Crippen molar-refractivity contribution in [3.63, 3.8) is 0 Å². The molecule has 0 saturated carbocycles. The van der Waals surface area contributed by atoms with E-state index in [4.69, 9.17) is 0 Å². The summed E-state index contributed by atoms with van der Waals surface area (Å²) in [6.07, 6.45) is 1.16. The topological polar surface area (TPSA) is 67.2 Å². The van der Waals surface area contributed by atoms with E-state index in [2.05, 4.69) is 17.3 Å². The van der Waals surface area contributed by atoms with E-state index in [1.165, 1.54) is 5.56 Å². The van der Waals surface area contributed by atoms with Gasteiger partial charge in [-0.1, -0.05) is 0 Å². The fraction of sp³-hybridized carbons (Fsp3) is 0.476. The molecule has 27 heavy (non-hydrogen) atoms. The first kappa shape index (κ1) is 19.1. The fourth-order valence-corrected chi connectivity index (χ4v) is 3.93. The molecule has 2 atom stereocenters. The third kappa shape index (κ3) is 3.61. The molecule has 1 aliphatic rings. The zero-order valence-corrected chi connectivity index (χ0v) is 17.0. The van der Waals surface area contributed by atoms with Crippen molar-refractivity contribution in [2.45, 2.75) is 66.5 Å². The molecule has 1 N–H and O–H groups in total. The minimum absolute atomic E-state index is 0.0138. The Morgan fingerprint density at radius 3 is 2.59 bits per heavy atom. The zero-order valence-electron chi connectivity index (χ0n) is 17.0. The largest absolute Gasteiger partial charge is 0.326 e. The van der Waals surface area contributed by atoms with E-state index in [-0.39, 0.29) is 23.9 Å². The van der Waals surface area contributed by atoms with E-state index in [0.717, 1.165) is 34.7 Å². The Morgan fingerprint density at radius 1 is 1.30 bits per heavy atom. The lowest BCUT2D eigenvalue weighted by Crippen LogP contribution is -2.33. The van der Waals surface area contributed by atoms with Gasteiger partial charge in [0.05, 0.1) is 11.7 Å². The first-order valence-electron chi connectivity index (χ1n) is 9.44.